The van der Waals surface area contributed by atoms with Crippen molar-refractivity contribution in [1.29, 1.82) is 0 Å². The number of nitrogens with one attached hydrogen (secondary N) is 1. The third-order valence-corrected chi connectivity index (χ3v) is 4.88. The van der Waals surface area contributed by atoms with Gasteiger partial charge in [0.25, 0.3) is 0 Å². The zero-order valence-electron chi connectivity index (χ0n) is 12.8. The zero-order chi connectivity index (χ0) is 15.7. The van der Waals surface area contributed by atoms with Crippen LogP contribution in [0.5, 0.6) is 0 Å². The van der Waals surface area contributed by atoms with E-state index in [1.54, 1.807) is 0 Å². The van der Waals surface area contributed by atoms with E-state index in [9.17, 15) is 8.42 Å². The maximum atomic E-state index is 12.4. The largest absolute Gasteiger partial charge is 0.313 e. The van der Waals surface area contributed by atoms with Gasteiger partial charge in [-0.2, -0.15) is 4.31 Å². The molecule has 0 amide bonds. The average molecular weight is 308 g/mol. The van der Waals surface area contributed by atoms with E-state index in [-0.39, 0.29) is 12.3 Å². The molecule has 1 aromatic carbocycles. The second kappa shape index (κ2) is 8.83. The third kappa shape index (κ3) is 5.88. The third-order valence-electron chi connectivity index (χ3n) is 3.09. The first-order valence-electron chi connectivity index (χ1n) is 7.23. The first kappa shape index (κ1) is 17.7. The van der Waals surface area contributed by atoms with Gasteiger partial charge in [-0.3, -0.25) is 0 Å². The molecule has 0 aromatic heterocycles. The summed E-state index contributed by atoms with van der Waals surface area (Å²) in [5.74, 6) is 2.41. The van der Waals surface area contributed by atoms with Gasteiger partial charge in [-0.25, -0.2) is 8.42 Å². The Bertz CT molecular complexity index is 559. The van der Waals surface area contributed by atoms with Gasteiger partial charge in [0.15, 0.2) is 0 Å². The molecule has 21 heavy (non-hydrogen) atoms. The minimum Gasteiger partial charge on any atom is -0.313 e. The molecule has 116 valence electrons. The predicted octanol–water partition coefficient (Wildman–Crippen LogP) is 1.97. The van der Waals surface area contributed by atoms with Gasteiger partial charge < -0.3 is 5.32 Å². The molecule has 0 fully saturated rings. The standard InChI is InChI=1S/C16H24N2O2S/c1-4-11-18(12-5-2)21(19,20)14-16-9-7-15(8-10-16)13-17-6-3/h1,7-10,17H,5-6,11-14H2,2-3H3. The van der Waals surface area contributed by atoms with Crippen molar-refractivity contribution in [2.24, 2.45) is 0 Å². The van der Waals surface area contributed by atoms with E-state index in [1.165, 1.54) is 4.31 Å². The average Bonchev–Trinajstić information content (AvgIpc) is 2.46. The topological polar surface area (TPSA) is 49.4 Å². The highest BCUT2D eigenvalue weighted by molar-refractivity contribution is 7.88. The van der Waals surface area contributed by atoms with Crippen LogP contribution in [0.25, 0.3) is 0 Å². The van der Waals surface area contributed by atoms with Crippen LogP contribution >= 0.6 is 0 Å². The van der Waals surface area contributed by atoms with Gasteiger partial charge in [-0.05, 0) is 24.1 Å². The maximum absolute atomic E-state index is 12.4. The Morgan fingerprint density at radius 2 is 1.81 bits per heavy atom. The Kier molecular flexibility index (Phi) is 7.44. The zero-order valence-corrected chi connectivity index (χ0v) is 13.6. The molecule has 1 rings (SSSR count). The summed E-state index contributed by atoms with van der Waals surface area (Å²) < 4.78 is 26.1. The normalized spacial score (nSPS) is 11.5. The summed E-state index contributed by atoms with van der Waals surface area (Å²) in [7, 11) is -3.35. The van der Waals surface area contributed by atoms with Crippen LogP contribution in [0.4, 0.5) is 0 Å². The van der Waals surface area contributed by atoms with Gasteiger partial charge in [-0.1, -0.05) is 44.0 Å². The van der Waals surface area contributed by atoms with Gasteiger partial charge in [0.05, 0.1) is 12.3 Å². The summed E-state index contributed by atoms with van der Waals surface area (Å²) in [6, 6.07) is 7.64. The minimum absolute atomic E-state index is 0.00380. The number of hydrogen-bond donors (Lipinski definition) is 1. The number of hydrogen-bond acceptors (Lipinski definition) is 3. The van der Waals surface area contributed by atoms with E-state index in [0.717, 1.165) is 30.6 Å². The van der Waals surface area contributed by atoms with Gasteiger partial charge in [0, 0.05) is 13.1 Å². The molecule has 4 nitrogen and oxygen atoms in total. The van der Waals surface area contributed by atoms with Crippen molar-refractivity contribution < 1.29 is 8.42 Å². The number of rotatable bonds is 9. The molecule has 0 aliphatic carbocycles. The lowest BCUT2D eigenvalue weighted by Gasteiger charge is -2.19. The summed E-state index contributed by atoms with van der Waals surface area (Å²) in [6.07, 6.45) is 6.01. The molecule has 5 heteroatoms. The Morgan fingerprint density at radius 1 is 1.19 bits per heavy atom. The first-order valence-corrected chi connectivity index (χ1v) is 8.84. The van der Waals surface area contributed by atoms with Gasteiger partial charge in [0.2, 0.25) is 10.0 Å². The van der Waals surface area contributed by atoms with E-state index < -0.39 is 10.0 Å². The highest BCUT2D eigenvalue weighted by Gasteiger charge is 2.20. The Hall–Kier alpha value is -1.35. The van der Waals surface area contributed by atoms with Crippen molar-refractivity contribution in [2.75, 3.05) is 19.6 Å². The van der Waals surface area contributed by atoms with Crippen LogP contribution < -0.4 is 5.32 Å². The van der Waals surface area contributed by atoms with E-state index in [4.69, 9.17) is 6.42 Å². The lowest BCUT2D eigenvalue weighted by Crippen LogP contribution is -2.33. The van der Waals surface area contributed by atoms with Crippen molar-refractivity contribution >= 4 is 10.0 Å². The minimum atomic E-state index is -3.35. The van der Waals surface area contributed by atoms with Crippen molar-refractivity contribution in [3.8, 4) is 12.3 Å². The Labute approximate surface area is 128 Å². The summed E-state index contributed by atoms with van der Waals surface area (Å²) >= 11 is 0. The summed E-state index contributed by atoms with van der Waals surface area (Å²) in [5.41, 5.74) is 1.93. The summed E-state index contributed by atoms with van der Waals surface area (Å²) in [4.78, 5) is 0. The predicted molar refractivity (Wildman–Crippen MR) is 87.1 cm³/mol. The van der Waals surface area contributed by atoms with Crippen molar-refractivity contribution in [3.05, 3.63) is 35.4 Å². The quantitative estimate of drug-likeness (QED) is 0.710. The molecule has 0 radical (unpaired) electrons. The van der Waals surface area contributed by atoms with E-state index in [1.807, 2.05) is 31.2 Å². The SMILES string of the molecule is C#CCN(CCC)S(=O)(=O)Cc1ccc(CNCC)cc1. The maximum Gasteiger partial charge on any atom is 0.219 e. The molecule has 0 atom stereocenters. The van der Waals surface area contributed by atoms with E-state index in [2.05, 4.69) is 18.2 Å². The van der Waals surface area contributed by atoms with Gasteiger partial charge in [0.1, 0.15) is 0 Å². The lowest BCUT2D eigenvalue weighted by atomic mass is 10.1. The van der Waals surface area contributed by atoms with Gasteiger partial charge in [-0.15, -0.1) is 6.42 Å². The molecule has 0 saturated carbocycles. The van der Waals surface area contributed by atoms with E-state index >= 15 is 0 Å². The van der Waals surface area contributed by atoms with Crippen LogP contribution in [-0.4, -0.2) is 32.4 Å². The van der Waals surface area contributed by atoms with Crippen LogP contribution in [0.3, 0.4) is 0 Å². The molecule has 0 aliphatic rings. The number of nitrogens with zero attached hydrogens (tertiary/aromatic N) is 1. The molecule has 0 spiro atoms. The molecule has 0 aliphatic heterocycles. The molecule has 0 heterocycles. The molecular formula is C16H24N2O2S. The molecule has 0 bridgehead atoms. The summed E-state index contributed by atoms with van der Waals surface area (Å²) in [5, 5.41) is 3.24. The molecule has 0 saturated heterocycles. The monoisotopic (exact) mass is 308 g/mol. The first-order chi connectivity index (χ1) is 10.0. The summed E-state index contributed by atoms with van der Waals surface area (Å²) in [6.45, 7) is 6.29. The second-order valence-electron chi connectivity index (χ2n) is 4.89. The second-order valence-corrected chi connectivity index (χ2v) is 6.86. The molecule has 1 N–H and O–H groups in total. The van der Waals surface area contributed by atoms with Crippen LogP contribution in [0.2, 0.25) is 0 Å². The van der Waals surface area contributed by atoms with Crippen molar-refractivity contribution in [2.45, 2.75) is 32.6 Å². The van der Waals surface area contributed by atoms with Crippen LogP contribution in [0.1, 0.15) is 31.4 Å². The molecule has 0 unspecified atom stereocenters. The molecule has 1 aromatic rings. The highest BCUT2D eigenvalue weighted by Crippen LogP contribution is 2.12. The van der Waals surface area contributed by atoms with Gasteiger partial charge >= 0.3 is 0 Å². The Morgan fingerprint density at radius 3 is 2.33 bits per heavy atom. The lowest BCUT2D eigenvalue weighted by molar-refractivity contribution is 0.445. The van der Waals surface area contributed by atoms with Crippen molar-refractivity contribution in [3.63, 3.8) is 0 Å². The Balaban J connectivity index is 2.76. The fourth-order valence-corrected chi connectivity index (χ4v) is 3.52. The van der Waals surface area contributed by atoms with Crippen LogP contribution in [0.15, 0.2) is 24.3 Å². The smallest absolute Gasteiger partial charge is 0.219 e. The van der Waals surface area contributed by atoms with E-state index in [0.29, 0.717) is 6.54 Å². The number of terminal acetylenes is 1. The van der Waals surface area contributed by atoms with Crippen molar-refractivity contribution in [1.82, 2.24) is 9.62 Å². The van der Waals surface area contributed by atoms with Crippen LogP contribution in [-0.2, 0) is 22.3 Å². The number of sulfonamides is 1. The molecular weight excluding hydrogens is 284 g/mol. The highest BCUT2D eigenvalue weighted by atomic mass is 32.2. The van der Waals surface area contributed by atoms with Crippen LogP contribution in [0, 0.1) is 12.3 Å². The number of benzene rings is 1. The fourth-order valence-electron chi connectivity index (χ4n) is 1.99. The fraction of sp³-hybridized carbons (Fsp3) is 0.500.